The SMILES string of the molecule is CCC1COCCN1c1ncc(Br)cc1C. The van der Waals surface area contributed by atoms with E-state index in [1.165, 1.54) is 5.56 Å². The van der Waals surface area contributed by atoms with Crippen LogP contribution in [0.2, 0.25) is 0 Å². The summed E-state index contributed by atoms with van der Waals surface area (Å²) in [4.78, 5) is 6.89. The van der Waals surface area contributed by atoms with Crippen LogP contribution in [-0.2, 0) is 4.74 Å². The number of aromatic nitrogens is 1. The number of hydrogen-bond donors (Lipinski definition) is 0. The maximum atomic E-state index is 5.51. The van der Waals surface area contributed by atoms with Crippen molar-refractivity contribution in [1.29, 1.82) is 0 Å². The van der Waals surface area contributed by atoms with Gasteiger partial charge in [0.25, 0.3) is 0 Å². The normalized spacial score (nSPS) is 21.2. The van der Waals surface area contributed by atoms with Crippen LogP contribution in [-0.4, -0.2) is 30.8 Å². The van der Waals surface area contributed by atoms with E-state index in [0.717, 1.165) is 36.5 Å². The van der Waals surface area contributed by atoms with Gasteiger partial charge in [0.1, 0.15) is 5.82 Å². The molecule has 1 aliphatic rings. The number of rotatable bonds is 2. The molecule has 3 nitrogen and oxygen atoms in total. The summed E-state index contributed by atoms with van der Waals surface area (Å²) in [6, 6.07) is 2.57. The van der Waals surface area contributed by atoms with Crippen LogP contribution < -0.4 is 4.90 Å². The van der Waals surface area contributed by atoms with Gasteiger partial charge in [0.05, 0.1) is 19.3 Å². The van der Waals surface area contributed by atoms with E-state index in [2.05, 4.69) is 45.7 Å². The van der Waals surface area contributed by atoms with Gasteiger partial charge in [-0.3, -0.25) is 0 Å². The Labute approximate surface area is 105 Å². The van der Waals surface area contributed by atoms with Gasteiger partial charge < -0.3 is 9.64 Å². The molecule has 16 heavy (non-hydrogen) atoms. The molecule has 0 radical (unpaired) electrons. The Hall–Kier alpha value is -0.610. The van der Waals surface area contributed by atoms with Gasteiger partial charge >= 0.3 is 0 Å². The summed E-state index contributed by atoms with van der Waals surface area (Å²) in [5.74, 6) is 1.10. The van der Waals surface area contributed by atoms with Gasteiger partial charge in [-0.05, 0) is 40.9 Å². The first-order valence-electron chi connectivity index (χ1n) is 5.69. The molecule has 0 bridgehead atoms. The van der Waals surface area contributed by atoms with Crippen molar-refractivity contribution < 1.29 is 4.74 Å². The number of anilines is 1. The Kier molecular flexibility index (Phi) is 3.82. The molecule has 0 N–H and O–H groups in total. The number of halogens is 1. The van der Waals surface area contributed by atoms with Crippen molar-refractivity contribution in [3.63, 3.8) is 0 Å². The minimum absolute atomic E-state index is 0.459. The van der Waals surface area contributed by atoms with Gasteiger partial charge in [-0.2, -0.15) is 0 Å². The van der Waals surface area contributed by atoms with Crippen molar-refractivity contribution in [2.24, 2.45) is 0 Å². The average molecular weight is 285 g/mol. The summed E-state index contributed by atoms with van der Waals surface area (Å²) in [7, 11) is 0. The quantitative estimate of drug-likeness (QED) is 0.835. The number of hydrogen-bond acceptors (Lipinski definition) is 3. The first-order valence-corrected chi connectivity index (χ1v) is 6.48. The minimum atomic E-state index is 0.459. The lowest BCUT2D eigenvalue weighted by molar-refractivity contribution is 0.0925. The molecule has 1 saturated heterocycles. The second-order valence-electron chi connectivity index (χ2n) is 4.12. The summed E-state index contributed by atoms with van der Waals surface area (Å²) in [6.45, 7) is 6.85. The van der Waals surface area contributed by atoms with E-state index in [9.17, 15) is 0 Å². The molecule has 0 aliphatic carbocycles. The molecule has 1 unspecified atom stereocenters. The van der Waals surface area contributed by atoms with E-state index < -0.39 is 0 Å². The predicted octanol–water partition coefficient (Wildman–Crippen LogP) is 2.77. The molecule has 0 saturated carbocycles. The zero-order chi connectivity index (χ0) is 11.5. The molecular formula is C12H17BrN2O. The van der Waals surface area contributed by atoms with Gasteiger partial charge in [-0.25, -0.2) is 4.98 Å². The maximum absolute atomic E-state index is 5.51. The third-order valence-corrected chi connectivity index (χ3v) is 3.42. The average Bonchev–Trinajstić information content (AvgIpc) is 2.29. The molecule has 4 heteroatoms. The topological polar surface area (TPSA) is 25.4 Å². The van der Waals surface area contributed by atoms with Crippen LogP contribution in [0.15, 0.2) is 16.7 Å². The molecule has 2 heterocycles. The second kappa shape index (κ2) is 5.15. The molecule has 1 atom stereocenters. The first kappa shape index (κ1) is 11.9. The zero-order valence-corrected chi connectivity index (χ0v) is 11.3. The van der Waals surface area contributed by atoms with E-state index in [1.54, 1.807) is 0 Å². The Morgan fingerprint density at radius 2 is 2.44 bits per heavy atom. The molecule has 1 aromatic heterocycles. The Balaban J connectivity index is 2.27. The summed E-state index contributed by atoms with van der Waals surface area (Å²) in [5.41, 5.74) is 1.22. The van der Waals surface area contributed by atoms with Crippen LogP contribution in [0, 0.1) is 6.92 Å². The minimum Gasteiger partial charge on any atom is -0.377 e. The van der Waals surface area contributed by atoms with Crippen molar-refractivity contribution in [2.75, 3.05) is 24.7 Å². The third kappa shape index (κ3) is 2.38. The molecule has 0 aromatic carbocycles. The van der Waals surface area contributed by atoms with Crippen LogP contribution in [0.5, 0.6) is 0 Å². The van der Waals surface area contributed by atoms with Crippen LogP contribution in [0.3, 0.4) is 0 Å². The second-order valence-corrected chi connectivity index (χ2v) is 5.04. The van der Waals surface area contributed by atoms with Crippen molar-refractivity contribution in [2.45, 2.75) is 26.3 Å². The van der Waals surface area contributed by atoms with E-state index in [-0.39, 0.29) is 0 Å². The fourth-order valence-electron chi connectivity index (χ4n) is 2.11. The van der Waals surface area contributed by atoms with Gasteiger partial charge in [0.2, 0.25) is 0 Å². The van der Waals surface area contributed by atoms with Crippen LogP contribution in [0.4, 0.5) is 5.82 Å². The molecule has 0 spiro atoms. The van der Waals surface area contributed by atoms with Crippen molar-refractivity contribution in [1.82, 2.24) is 4.98 Å². The van der Waals surface area contributed by atoms with Gasteiger partial charge in [-0.15, -0.1) is 0 Å². The number of pyridine rings is 1. The highest BCUT2D eigenvalue weighted by atomic mass is 79.9. The van der Waals surface area contributed by atoms with Crippen LogP contribution >= 0.6 is 15.9 Å². The highest BCUT2D eigenvalue weighted by Gasteiger charge is 2.23. The predicted molar refractivity (Wildman–Crippen MR) is 68.9 cm³/mol. The molecule has 1 fully saturated rings. The van der Waals surface area contributed by atoms with Gasteiger partial charge in [-0.1, -0.05) is 6.92 Å². The number of nitrogens with zero attached hydrogens (tertiary/aromatic N) is 2. The highest BCUT2D eigenvalue weighted by Crippen LogP contribution is 2.24. The Morgan fingerprint density at radius 1 is 1.62 bits per heavy atom. The molecular weight excluding hydrogens is 268 g/mol. The van der Waals surface area contributed by atoms with Crippen molar-refractivity contribution in [3.05, 3.63) is 22.3 Å². The largest absolute Gasteiger partial charge is 0.377 e. The standard InChI is InChI=1S/C12H17BrN2O/c1-3-11-8-16-5-4-15(11)12-9(2)6-10(13)7-14-12/h6-7,11H,3-5,8H2,1-2H3. The zero-order valence-electron chi connectivity index (χ0n) is 9.74. The molecule has 0 amide bonds. The Bertz CT molecular complexity index is 370. The van der Waals surface area contributed by atoms with Gasteiger partial charge in [0, 0.05) is 17.2 Å². The number of aryl methyl sites for hydroxylation is 1. The lowest BCUT2D eigenvalue weighted by Crippen LogP contribution is -2.45. The van der Waals surface area contributed by atoms with Crippen LogP contribution in [0.1, 0.15) is 18.9 Å². The lowest BCUT2D eigenvalue weighted by Gasteiger charge is -2.36. The lowest BCUT2D eigenvalue weighted by atomic mass is 10.1. The number of morpholine rings is 1. The van der Waals surface area contributed by atoms with E-state index in [0.29, 0.717) is 6.04 Å². The molecule has 1 aromatic rings. The molecule has 88 valence electrons. The van der Waals surface area contributed by atoms with Crippen LogP contribution in [0.25, 0.3) is 0 Å². The monoisotopic (exact) mass is 284 g/mol. The highest BCUT2D eigenvalue weighted by molar-refractivity contribution is 9.10. The molecule has 1 aliphatic heterocycles. The summed E-state index contributed by atoms with van der Waals surface area (Å²) < 4.78 is 6.55. The smallest absolute Gasteiger partial charge is 0.131 e. The van der Waals surface area contributed by atoms with E-state index >= 15 is 0 Å². The van der Waals surface area contributed by atoms with E-state index in [1.807, 2.05) is 6.20 Å². The summed E-state index contributed by atoms with van der Waals surface area (Å²) >= 11 is 3.45. The fraction of sp³-hybridized carbons (Fsp3) is 0.583. The maximum Gasteiger partial charge on any atom is 0.131 e. The van der Waals surface area contributed by atoms with E-state index in [4.69, 9.17) is 4.74 Å². The summed E-state index contributed by atoms with van der Waals surface area (Å²) in [5, 5.41) is 0. The van der Waals surface area contributed by atoms with Crippen molar-refractivity contribution >= 4 is 21.7 Å². The van der Waals surface area contributed by atoms with Gasteiger partial charge in [0.15, 0.2) is 0 Å². The van der Waals surface area contributed by atoms with Crippen molar-refractivity contribution in [3.8, 4) is 0 Å². The fourth-order valence-corrected chi connectivity index (χ4v) is 2.55. The molecule has 2 rings (SSSR count). The first-order chi connectivity index (χ1) is 7.72. The Morgan fingerprint density at radius 3 is 3.12 bits per heavy atom. The summed E-state index contributed by atoms with van der Waals surface area (Å²) in [6.07, 6.45) is 2.96. The third-order valence-electron chi connectivity index (χ3n) is 2.99. The number of ether oxygens (including phenoxy) is 1.